The van der Waals surface area contributed by atoms with Gasteiger partial charge in [0.05, 0.1) is 0 Å². The lowest BCUT2D eigenvalue weighted by molar-refractivity contribution is 1.30. The molecule has 0 amide bonds. The van der Waals surface area contributed by atoms with Crippen LogP contribution in [0.25, 0.3) is 0 Å². The monoisotopic (exact) mass is 141 g/mol. The number of hydrogen-bond donors (Lipinski definition) is 2. The van der Waals surface area contributed by atoms with Crippen LogP contribution in [0.15, 0.2) is 35.1 Å². The molecule has 0 spiro atoms. The maximum atomic E-state index is 3.20. The minimum atomic E-state index is -0.170. The standard InChI is InChI=1S/C7H11NS/c1-8-9-6-4-2-3-5-7-9/h2-9H,1H3. The topological polar surface area (TPSA) is 12.0 Å². The predicted molar refractivity (Wildman–Crippen MR) is 45.5 cm³/mol. The van der Waals surface area contributed by atoms with Crippen LogP contribution in [0.1, 0.15) is 0 Å². The van der Waals surface area contributed by atoms with Crippen LogP contribution in [0.4, 0.5) is 0 Å². The average Bonchev–Trinajstić information content (AvgIpc) is 2.13. The number of rotatable bonds is 1. The Balaban J connectivity index is 2.58. The molecule has 0 aliphatic carbocycles. The Morgan fingerprint density at radius 1 is 1.00 bits per heavy atom. The molecule has 0 radical (unpaired) electrons. The number of thiol groups is 1. The van der Waals surface area contributed by atoms with Gasteiger partial charge in [0.2, 0.25) is 0 Å². The Bertz CT molecular complexity index is 142. The van der Waals surface area contributed by atoms with Crippen LogP contribution < -0.4 is 4.72 Å². The van der Waals surface area contributed by atoms with E-state index in [0.717, 1.165) is 0 Å². The lowest BCUT2D eigenvalue weighted by atomic mass is 10.5. The summed E-state index contributed by atoms with van der Waals surface area (Å²) in [5.41, 5.74) is 0. The summed E-state index contributed by atoms with van der Waals surface area (Å²) in [6, 6.07) is 0. The molecular weight excluding hydrogens is 130 g/mol. The van der Waals surface area contributed by atoms with Crippen LogP contribution in [-0.4, -0.2) is 7.05 Å². The third-order valence-corrected chi connectivity index (χ3v) is 2.59. The van der Waals surface area contributed by atoms with Gasteiger partial charge < -0.3 is 0 Å². The molecule has 0 atom stereocenters. The SMILES string of the molecule is CN[SH]1C=CC=CC=C1. The summed E-state index contributed by atoms with van der Waals surface area (Å²) in [7, 11) is 1.98. The largest absolute Gasteiger partial charge is 0.280 e. The zero-order chi connectivity index (χ0) is 6.53. The van der Waals surface area contributed by atoms with E-state index in [1.54, 1.807) is 0 Å². The van der Waals surface area contributed by atoms with E-state index in [1.807, 2.05) is 19.2 Å². The number of allylic oxidation sites excluding steroid dienone is 4. The van der Waals surface area contributed by atoms with E-state index in [4.69, 9.17) is 0 Å². The minimum absolute atomic E-state index is 0.170. The summed E-state index contributed by atoms with van der Waals surface area (Å²) in [6.45, 7) is 0. The summed E-state index contributed by atoms with van der Waals surface area (Å²) in [4.78, 5) is 0. The molecule has 0 saturated carbocycles. The fourth-order valence-corrected chi connectivity index (χ4v) is 1.58. The van der Waals surface area contributed by atoms with Crippen molar-refractivity contribution in [2.24, 2.45) is 0 Å². The predicted octanol–water partition coefficient (Wildman–Crippen LogP) is 1.72. The Labute approximate surface area is 58.6 Å². The molecule has 1 aliphatic rings. The molecule has 2 heteroatoms. The summed E-state index contributed by atoms with van der Waals surface area (Å²) >= 11 is -0.170. The molecule has 50 valence electrons. The fraction of sp³-hybridized carbons (Fsp3) is 0.143. The molecule has 0 saturated heterocycles. The van der Waals surface area contributed by atoms with Crippen molar-refractivity contribution in [2.45, 2.75) is 0 Å². The third-order valence-electron chi connectivity index (χ3n) is 1.08. The van der Waals surface area contributed by atoms with Crippen LogP contribution in [0, 0.1) is 0 Å². The van der Waals surface area contributed by atoms with E-state index in [1.165, 1.54) is 0 Å². The van der Waals surface area contributed by atoms with Crippen LogP contribution in [-0.2, 0) is 0 Å². The first kappa shape index (κ1) is 6.65. The van der Waals surface area contributed by atoms with Crippen LogP contribution in [0.5, 0.6) is 0 Å². The molecule has 1 nitrogen and oxygen atoms in total. The molecule has 9 heavy (non-hydrogen) atoms. The molecule has 0 fully saturated rings. The smallest absolute Gasteiger partial charge is 0.00675 e. The quantitative estimate of drug-likeness (QED) is 0.530. The van der Waals surface area contributed by atoms with Gasteiger partial charge in [-0.2, -0.15) is 11.1 Å². The number of nitrogens with one attached hydrogen (secondary N) is 1. The third kappa shape index (κ3) is 2.08. The van der Waals surface area contributed by atoms with E-state index in [9.17, 15) is 0 Å². The van der Waals surface area contributed by atoms with Gasteiger partial charge in [-0.1, -0.05) is 24.3 Å². The van der Waals surface area contributed by atoms with Crippen LogP contribution in [0.3, 0.4) is 0 Å². The van der Waals surface area contributed by atoms with Gasteiger partial charge in [0, 0.05) is 0 Å². The first-order chi connectivity index (χ1) is 4.43. The van der Waals surface area contributed by atoms with Gasteiger partial charge in [0.1, 0.15) is 0 Å². The maximum absolute atomic E-state index is 3.20. The van der Waals surface area contributed by atoms with Crippen molar-refractivity contribution in [1.82, 2.24) is 4.72 Å². The molecule has 0 unspecified atom stereocenters. The van der Waals surface area contributed by atoms with Crippen molar-refractivity contribution in [3.63, 3.8) is 0 Å². The first-order valence-electron chi connectivity index (χ1n) is 2.91. The summed E-state index contributed by atoms with van der Waals surface area (Å²) in [5, 5.41) is 4.35. The Hall–Kier alpha value is -0.470. The summed E-state index contributed by atoms with van der Waals surface area (Å²) < 4.78 is 3.20. The normalized spacial score (nSPS) is 20.3. The van der Waals surface area contributed by atoms with Gasteiger partial charge in [-0.15, -0.1) is 0 Å². The van der Waals surface area contributed by atoms with E-state index in [0.29, 0.717) is 0 Å². The van der Waals surface area contributed by atoms with Gasteiger partial charge in [-0.25, -0.2) is 0 Å². The highest BCUT2D eigenvalue weighted by molar-refractivity contribution is 8.20. The Morgan fingerprint density at radius 2 is 1.56 bits per heavy atom. The van der Waals surface area contributed by atoms with Gasteiger partial charge in [0.15, 0.2) is 0 Å². The molecular formula is C7H11NS. The highest BCUT2D eigenvalue weighted by Crippen LogP contribution is 2.23. The molecule has 0 aromatic heterocycles. The fourth-order valence-electron chi connectivity index (χ4n) is 0.612. The van der Waals surface area contributed by atoms with E-state index < -0.39 is 0 Å². The summed E-state index contributed by atoms with van der Waals surface area (Å²) in [6.07, 6.45) is 8.22. The Morgan fingerprint density at radius 3 is 2.00 bits per heavy atom. The molecule has 1 N–H and O–H groups in total. The molecule has 1 aliphatic heterocycles. The second kappa shape index (κ2) is 3.54. The lowest BCUT2D eigenvalue weighted by Gasteiger charge is -2.07. The van der Waals surface area contributed by atoms with Crippen molar-refractivity contribution in [3.05, 3.63) is 35.1 Å². The van der Waals surface area contributed by atoms with Crippen molar-refractivity contribution in [1.29, 1.82) is 0 Å². The van der Waals surface area contributed by atoms with Gasteiger partial charge >= 0.3 is 0 Å². The van der Waals surface area contributed by atoms with Crippen molar-refractivity contribution >= 4 is 11.1 Å². The second-order valence-corrected chi connectivity index (χ2v) is 3.56. The van der Waals surface area contributed by atoms with Crippen LogP contribution in [0.2, 0.25) is 0 Å². The lowest BCUT2D eigenvalue weighted by Crippen LogP contribution is -1.95. The van der Waals surface area contributed by atoms with E-state index in [2.05, 4.69) is 27.7 Å². The van der Waals surface area contributed by atoms with Crippen molar-refractivity contribution in [2.75, 3.05) is 7.05 Å². The van der Waals surface area contributed by atoms with Gasteiger partial charge in [-0.3, -0.25) is 4.72 Å². The summed E-state index contributed by atoms with van der Waals surface area (Å²) in [5.74, 6) is 0. The first-order valence-corrected chi connectivity index (χ1v) is 4.39. The zero-order valence-corrected chi connectivity index (χ0v) is 6.31. The minimum Gasteiger partial charge on any atom is -0.280 e. The second-order valence-electron chi connectivity index (χ2n) is 1.70. The van der Waals surface area contributed by atoms with Gasteiger partial charge in [-0.05, 0) is 17.9 Å². The van der Waals surface area contributed by atoms with Crippen LogP contribution >= 0.6 is 11.1 Å². The van der Waals surface area contributed by atoms with E-state index >= 15 is 0 Å². The molecule has 1 rings (SSSR count). The van der Waals surface area contributed by atoms with Crippen molar-refractivity contribution in [3.8, 4) is 0 Å². The van der Waals surface area contributed by atoms with E-state index in [-0.39, 0.29) is 11.1 Å². The molecule has 0 aromatic rings. The highest BCUT2D eigenvalue weighted by Gasteiger charge is 1.86. The molecule has 0 bridgehead atoms. The zero-order valence-electron chi connectivity index (χ0n) is 5.41. The highest BCUT2D eigenvalue weighted by atomic mass is 32.2. The molecule has 1 heterocycles. The molecule has 0 aromatic carbocycles. The Kier molecular flexibility index (Phi) is 2.61. The van der Waals surface area contributed by atoms with Gasteiger partial charge in [0.25, 0.3) is 0 Å². The van der Waals surface area contributed by atoms with Crippen molar-refractivity contribution < 1.29 is 0 Å². The number of hydrogen-bond acceptors (Lipinski definition) is 1. The maximum Gasteiger partial charge on any atom is -0.00675 e. The average molecular weight is 141 g/mol.